The Hall–Kier alpha value is -3.95. The topological polar surface area (TPSA) is 99.4 Å². The molecule has 6 nitrogen and oxygen atoms in total. The predicted octanol–water partition coefficient (Wildman–Crippen LogP) is 6.16. The first kappa shape index (κ1) is 26.6. The summed E-state index contributed by atoms with van der Waals surface area (Å²) in [4.78, 5) is 24.9. The maximum absolute atomic E-state index is 13.3. The first-order valence-corrected chi connectivity index (χ1v) is 13.6. The smallest absolute Gasteiger partial charge is 0.314 e. The van der Waals surface area contributed by atoms with Crippen LogP contribution in [0.1, 0.15) is 68.7 Å². The van der Waals surface area contributed by atoms with Crippen LogP contribution in [0.25, 0.3) is 11.1 Å². The molecular weight excluding hydrogens is 488 g/mol. The second-order valence-electron chi connectivity index (χ2n) is 11.3. The normalized spacial score (nSPS) is 18.0. The highest BCUT2D eigenvalue weighted by Gasteiger charge is 2.51. The molecule has 2 N–H and O–H groups in total. The number of nitrogens with zero attached hydrogens (tertiary/aromatic N) is 1. The van der Waals surface area contributed by atoms with E-state index in [0.717, 1.165) is 27.8 Å². The molecule has 0 aliphatic heterocycles. The molecule has 0 aromatic heterocycles. The molecule has 0 bridgehead atoms. The molecule has 200 valence electrons. The van der Waals surface area contributed by atoms with Gasteiger partial charge in [0.2, 0.25) is 5.91 Å². The molecule has 3 aromatic carbocycles. The number of hydrogen-bond acceptors (Lipinski definition) is 4. The fraction of sp³-hybridized carbons (Fsp3) is 0.364. The van der Waals surface area contributed by atoms with E-state index < -0.39 is 29.1 Å². The van der Waals surface area contributed by atoms with E-state index in [0.29, 0.717) is 32.1 Å². The van der Waals surface area contributed by atoms with Crippen LogP contribution in [0, 0.1) is 17.2 Å². The van der Waals surface area contributed by atoms with Gasteiger partial charge in [-0.05, 0) is 65.8 Å². The number of nitrogens with one attached hydrogen (secondary N) is 1. The Morgan fingerprint density at radius 3 is 1.95 bits per heavy atom. The number of rotatable bonds is 11. The van der Waals surface area contributed by atoms with E-state index >= 15 is 0 Å². The van der Waals surface area contributed by atoms with Crippen LogP contribution in [0.5, 0.6) is 0 Å². The maximum atomic E-state index is 13.3. The summed E-state index contributed by atoms with van der Waals surface area (Å²) in [6, 6.07) is 28.0. The van der Waals surface area contributed by atoms with Crippen molar-refractivity contribution in [2.24, 2.45) is 5.92 Å². The van der Waals surface area contributed by atoms with E-state index in [2.05, 4.69) is 25.2 Å². The third-order valence-electron chi connectivity index (χ3n) is 7.85. The molecule has 0 radical (unpaired) electrons. The van der Waals surface area contributed by atoms with E-state index in [9.17, 15) is 20.0 Å². The molecule has 0 spiro atoms. The zero-order valence-corrected chi connectivity index (χ0v) is 22.4. The average Bonchev–Trinajstić information content (AvgIpc) is 3.88. The number of carboxylic acids is 1. The van der Waals surface area contributed by atoms with Crippen LogP contribution in [-0.4, -0.2) is 28.6 Å². The lowest BCUT2D eigenvalue weighted by atomic mass is 9.93. The summed E-state index contributed by atoms with van der Waals surface area (Å²) in [7, 11) is 0. The summed E-state index contributed by atoms with van der Waals surface area (Å²) >= 11 is 0. The molecular formula is C33H34N2O4. The van der Waals surface area contributed by atoms with Crippen LogP contribution < -0.4 is 5.32 Å². The van der Waals surface area contributed by atoms with Crippen LogP contribution in [0.4, 0.5) is 0 Å². The lowest BCUT2D eigenvalue weighted by Gasteiger charge is -2.27. The van der Waals surface area contributed by atoms with E-state index in [1.807, 2.05) is 78.9 Å². The van der Waals surface area contributed by atoms with Crippen LogP contribution in [0.2, 0.25) is 0 Å². The number of aliphatic carboxylic acids is 1. The molecule has 0 heterocycles. The lowest BCUT2D eigenvalue weighted by molar-refractivity contribution is -0.140. The zero-order chi connectivity index (χ0) is 27.6. The molecule has 2 atom stereocenters. The van der Waals surface area contributed by atoms with Crippen molar-refractivity contribution in [3.05, 3.63) is 95.6 Å². The van der Waals surface area contributed by atoms with Crippen LogP contribution in [0.3, 0.4) is 0 Å². The molecule has 2 aliphatic carbocycles. The average molecular weight is 523 g/mol. The number of nitriles is 1. The molecule has 2 fully saturated rings. The number of carbonyl (C=O) groups excluding carboxylic acids is 1. The predicted molar refractivity (Wildman–Crippen MR) is 149 cm³/mol. The van der Waals surface area contributed by atoms with Gasteiger partial charge < -0.3 is 15.2 Å². The monoisotopic (exact) mass is 522 g/mol. The van der Waals surface area contributed by atoms with Crippen molar-refractivity contribution >= 4 is 11.9 Å². The molecule has 3 aromatic rings. The first-order valence-electron chi connectivity index (χ1n) is 13.6. The van der Waals surface area contributed by atoms with E-state index in [-0.39, 0.29) is 11.8 Å². The van der Waals surface area contributed by atoms with Crippen molar-refractivity contribution in [1.82, 2.24) is 5.32 Å². The minimum atomic E-state index is -0.754. The maximum Gasteiger partial charge on any atom is 0.314 e. The number of carbonyl (C=O) groups is 2. The van der Waals surface area contributed by atoms with Gasteiger partial charge in [0.25, 0.3) is 0 Å². The van der Waals surface area contributed by atoms with E-state index in [1.54, 1.807) is 0 Å². The minimum Gasteiger partial charge on any atom is -0.481 e. The van der Waals surface area contributed by atoms with Crippen molar-refractivity contribution < 1.29 is 19.4 Å². The standard InChI is InChI=1S/C33H34N2O4/c1-22(2)20-28(30(36)35-32(21-34)16-17-32)39-29(25-6-4-3-5-7-25)26-10-8-23(9-11-26)24-12-14-27(15-13-24)33(18-19-33)31(37)38/h3-15,22,28-29H,16-20H2,1-2H3,(H,35,36)(H,37,38)/t28-,29+/m0/s1. The SMILES string of the molecule is CC(C)C[C@H](O[C@H](c1ccccc1)c1ccc(-c2ccc(C3(C(=O)O)CC3)cc2)cc1)C(=O)NC1(C#N)CC1. The van der Waals surface area contributed by atoms with Crippen molar-refractivity contribution in [2.45, 2.75) is 69.1 Å². The van der Waals surface area contributed by atoms with E-state index in [4.69, 9.17) is 4.74 Å². The lowest BCUT2D eigenvalue weighted by Crippen LogP contribution is -2.44. The molecule has 6 heteroatoms. The molecule has 5 rings (SSSR count). The van der Waals surface area contributed by atoms with Gasteiger partial charge in [0.15, 0.2) is 0 Å². The van der Waals surface area contributed by atoms with Gasteiger partial charge in [-0.25, -0.2) is 0 Å². The van der Waals surface area contributed by atoms with Crippen LogP contribution >= 0.6 is 0 Å². The zero-order valence-electron chi connectivity index (χ0n) is 22.4. The molecule has 1 amide bonds. The van der Waals surface area contributed by atoms with Crippen LogP contribution in [-0.2, 0) is 19.7 Å². The Labute approximate surface area is 229 Å². The van der Waals surface area contributed by atoms with Crippen molar-refractivity contribution in [2.75, 3.05) is 0 Å². The third kappa shape index (κ3) is 5.74. The van der Waals surface area contributed by atoms with Crippen LogP contribution in [0.15, 0.2) is 78.9 Å². The van der Waals surface area contributed by atoms with Gasteiger partial charge in [0, 0.05) is 0 Å². The summed E-state index contributed by atoms with van der Waals surface area (Å²) in [5.41, 5.74) is 3.28. The Morgan fingerprint density at radius 1 is 0.897 bits per heavy atom. The molecule has 39 heavy (non-hydrogen) atoms. The molecule has 2 saturated carbocycles. The minimum absolute atomic E-state index is 0.232. The van der Waals surface area contributed by atoms with Gasteiger partial charge in [-0.2, -0.15) is 5.26 Å². The van der Waals surface area contributed by atoms with E-state index in [1.165, 1.54) is 0 Å². The summed E-state index contributed by atoms with van der Waals surface area (Å²) in [6.07, 6.45) is 2.10. The fourth-order valence-corrected chi connectivity index (χ4v) is 5.08. The Bertz CT molecular complexity index is 1370. The van der Waals surface area contributed by atoms with Crippen molar-refractivity contribution in [1.29, 1.82) is 5.26 Å². The number of carboxylic acid groups (broad SMARTS) is 1. The molecule has 0 saturated heterocycles. The number of ether oxygens (including phenoxy) is 1. The summed E-state index contributed by atoms with van der Waals surface area (Å²) in [5, 5.41) is 22.0. The molecule has 0 unspecified atom stereocenters. The highest BCUT2D eigenvalue weighted by molar-refractivity contribution is 5.85. The van der Waals surface area contributed by atoms with Crippen molar-refractivity contribution in [3.63, 3.8) is 0 Å². The Balaban J connectivity index is 1.39. The summed E-state index contributed by atoms with van der Waals surface area (Å²) in [6.45, 7) is 4.11. The summed E-state index contributed by atoms with van der Waals surface area (Å²) in [5.74, 6) is -0.762. The van der Waals surface area contributed by atoms with Gasteiger partial charge in [-0.3, -0.25) is 9.59 Å². The Kier molecular flexibility index (Phi) is 7.29. The second-order valence-corrected chi connectivity index (χ2v) is 11.3. The number of hydrogen-bond donors (Lipinski definition) is 2. The number of benzene rings is 3. The quantitative estimate of drug-likeness (QED) is 0.314. The first-order chi connectivity index (χ1) is 18.7. The van der Waals surface area contributed by atoms with Gasteiger partial charge in [-0.15, -0.1) is 0 Å². The Morgan fingerprint density at radius 2 is 1.46 bits per heavy atom. The van der Waals surface area contributed by atoms with Gasteiger partial charge in [0.1, 0.15) is 17.7 Å². The third-order valence-corrected chi connectivity index (χ3v) is 7.85. The highest BCUT2D eigenvalue weighted by atomic mass is 16.5. The van der Waals surface area contributed by atoms with Gasteiger partial charge >= 0.3 is 5.97 Å². The fourth-order valence-electron chi connectivity index (χ4n) is 5.08. The van der Waals surface area contributed by atoms with Gasteiger partial charge in [0.05, 0.1) is 11.5 Å². The summed E-state index contributed by atoms with van der Waals surface area (Å²) < 4.78 is 6.56. The molecule has 2 aliphatic rings. The highest BCUT2D eigenvalue weighted by Crippen LogP contribution is 2.48. The number of amides is 1. The second kappa shape index (κ2) is 10.7. The van der Waals surface area contributed by atoms with Gasteiger partial charge in [-0.1, -0.05) is 92.7 Å². The van der Waals surface area contributed by atoms with Crippen molar-refractivity contribution in [3.8, 4) is 17.2 Å². The largest absolute Gasteiger partial charge is 0.481 e.